The average Bonchev–Trinajstić information content (AvgIpc) is 2.78. The lowest BCUT2D eigenvalue weighted by Gasteiger charge is -2.24. The molecule has 8 nitrogen and oxygen atoms in total. The number of benzene rings is 1. The second-order valence-electron chi connectivity index (χ2n) is 4.90. The van der Waals surface area contributed by atoms with Crippen molar-refractivity contribution >= 4 is 36.2 Å². The molecule has 0 spiro atoms. The summed E-state index contributed by atoms with van der Waals surface area (Å²) < 4.78 is 0. The van der Waals surface area contributed by atoms with E-state index in [2.05, 4.69) is 5.32 Å². The second-order valence-corrected chi connectivity index (χ2v) is 4.90. The van der Waals surface area contributed by atoms with E-state index >= 15 is 0 Å². The van der Waals surface area contributed by atoms with E-state index in [1.807, 2.05) is 5.32 Å². The lowest BCUT2D eigenvalue weighted by molar-refractivity contribution is -0.128. The molecule has 5 amide bonds. The predicted octanol–water partition coefficient (Wildman–Crippen LogP) is 0.292. The molecule has 1 aromatic rings. The van der Waals surface area contributed by atoms with Crippen LogP contribution in [-0.2, 0) is 14.4 Å². The summed E-state index contributed by atoms with van der Waals surface area (Å²) in [6, 6.07) is 3.38. The first-order chi connectivity index (χ1) is 11.1. The highest BCUT2D eigenvalue weighted by Crippen LogP contribution is 2.31. The summed E-state index contributed by atoms with van der Waals surface area (Å²) in [4.78, 5) is 59.1. The van der Waals surface area contributed by atoms with Crippen LogP contribution in [0, 0.1) is 0 Å². The summed E-state index contributed by atoms with van der Waals surface area (Å²) in [6.45, 7) is 1.79. The molecule has 0 aromatic heterocycles. The fraction of sp³-hybridized carbons (Fsp3) is 0.267. The standard InChI is InChI=1S/C15H15N3O5/c1-2-4-11(13(21)17-8-20)18-14(22)9-5-3-6-10(16-7-19)12(9)15(18)23/h3,5-8,11H,2,4H2,1H3,(H,16,19)(H,17,20,21). The average molecular weight is 317 g/mol. The normalized spacial score (nSPS) is 14.2. The largest absolute Gasteiger partial charge is 0.328 e. The number of imide groups is 2. The van der Waals surface area contributed by atoms with E-state index in [0.717, 1.165) is 4.90 Å². The highest BCUT2D eigenvalue weighted by Gasteiger charge is 2.43. The molecule has 0 fully saturated rings. The summed E-state index contributed by atoms with van der Waals surface area (Å²) >= 11 is 0. The predicted molar refractivity (Wildman–Crippen MR) is 79.5 cm³/mol. The van der Waals surface area contributed by atoms with Crippen molar-refractivity contribution in [3.63, 3.8) is 0 Å². The van der Waals surface area contributed by atoms with Gasteiger partial charge >= 0.3 is 0 Å². The van der Waals surface area contributed by atoms with Crippen molar-refractivity contribution in [2.24, 2.45) is 0 Å². The summed E-state index contributed by atoms with van der Waals surface area (Å²) in [6.07, 6.45) is 1.37. The first-order valence-electron chi connectivity index (χ1n) is 7.01. The molecule has 1 aliphatic rings. The summed E-state index contributed by atoms with van der Waals surface area (Å²) in [5.41, 5.74) is 0.357. The van der Waals surface area contributed by atoms with Gasteiger partial charge in [0, 0.05) is 0 Å². The Morgan fingerprint density at radius 1 is 1.22 bits per heavy atom. The maximum Gasteiger partial charge on any atom is 0.264 e. The van der Waals surface area contributed by atoms with Crippen molar-refractivity contribution in [3.8, 4) is 0 Å². The Hall–Kier alpha value is -3.03. The van der Waals surface area contributed by atoms with Crippen LogP contribution in [0.5, 0.6) is 0 Å². The molecule has 1 aromatic carbocycles. The number of carbonyl (C=O) groups excluding carboxylic acids is 5. The highest BCUT2D eigenvalue weighted by atomic mass is 16.2. The van der Waals surface area contributed by atoms with Gasteiger partial charge in [0.1, 0.15) is 6.04 Å². The zero-order valence-corrected chi connectivity index (χ0v) is 12.4. The Labute approximate surface area is 131 Å². The second kappa shape index (κ2) is 6.82. The lowest BCUT2D eigenvalue weighted by Crippen LogP contribution is -2.49. The van der Waals surface area contributed by atoms with Gasteiger partial charge in [-0.15, -0.1) is 0 Å². The van der Waals surface area contributed by atoms with E-state index in [1.165, 1.54) is 18.2 Å². The third-order valence-electron chi connectivity index (χ3n) is 3.54. The molecule has 1 unspecified atom stereocenters. The molecule has 1 atom stereocenters. The number of fused-ring (bicyclic) bond motifs is 1. The molecule has 1 aliphatic heterocycles. The van der Waals surface area contributed by atoms with Crippen molar-refractivity contribution < 1.29 is 24.0 Å². The number of hydrogen-bond donors (Lipinski definition) is 2. The fourth-order valence-electron chi connectivity index (χ4n) is 2.58. The number of carbonyl (C=O) groups is 5. The van der Waals surface area contributed by atoms with E-state index in [0.29, 0.717) is 12.8 Å². The third-order valence-corrected chi connectivity index (χ3v) is 3.54. The first-order valence-corrected chi connectivity index (χ1v) is 7.01. The quantitative estimate of drug-likeness (QED) is 0.554. The molecule has 2 rings (SSSR count). The van der Waals surface area contributed by atoms with Crippen LogP contribution < -0.4 is 10.6 Å². The minimum Gasteiger partial charge on any atom is -0.328 e. The Morgan fingerprint density at radius 2 is 1.96 bits per heavy atom. The zero-order valence-electron chi connectivity index (χ0n) is 12.4. The Bertz CT molecular complexity index is 686. The van der Waals surface area contributed by atoms with E-state index in [9.17, 15) is 24.0 Å². The molecule has 2 N–H and O–H groups in total. The van der Waals surface area contributed by atoms with Crippen LogP contribution in [0.3, 0.4) is 0 Å². The summed E-state index contributed by atoms with van der Waals surface area (Å²) in [5, 5.41) is 4.35. The molecule has 1 heterocycles. The van der Waals surface area contributed by atoms with Crippen molar-refractivity contribution in [3.05, 3.63) is 29.3 Å². The molecule has 0 bridgehead atoms. The van der Waals surface area contributed by atoms with Crippen molar-refractivity contribution in [2.45, 2.75) is 25.8 Å². The van der Waals surface area contributed by atoms with Gasteiger partial charge in [-0.1, -0.05) is 19.4 Å². The minimum absolute atomic E-state index is 0.0459. The SMILES string of the molecule is CCCC(C(=O)NC=O)N1C(=O)c2cccc(NC=O)c2C1=O. The third kappa shape index (κ3) is 2.83. The van der Waals surface area contributed by atoms with Crippen LogP contribution in [0.25, 0.3) is 0 Å². The molecule has 0 saturated heterocycles. The molecular weight excluding hydrogens is 302 g/mol. The number of nitrogens with one attached hydrogen (secondary N) is 2. The van der Waals surface area contributed by atoms with E-state index in [1.54, 1.807) is 6.92 Å². The number of amides is 5. The molecule has 0 saturated carbocycles. The lowest BCUT2D eigenvalue weighted by atomic mass is 10.1. The van der Waals surface area contributed by atoms with Gasteiger partial charge in [-0.2, -0.15) is 0 Å². The van der Waals surface area contributed by atoms with E-state index in [4.69, 9.17) is 0 Å². The molecule has 23 heavy (non-hydrogen) atoms. The smallest absolute Gasteiger partial charge is 0.264 e. The Morgan fingerprint density at radius 3 is 2.57 bits per heavy atom. The monoisotopic (exact) mass is 317 g/mol. The number of anilines is 1. The molecule has 8 heteroatoms. The van der Waals surface area contributed by atoms with E-state index < -0.39 is 23.8 Å². The van der Waals surface area contributed by atoms with Gasteiger partial charge in [-0.05, 0) is 18.6 Å². The van der Waals surface area contributed by atoms with Crippen molar-refractivity contribution in [2.75, 3.05) is 5.32 Å². The number of hydrogen-bond acceptors (Lipinski definition) is 5. The number of nitrogens with zero attached hydrogens (tertiary/aromatic N) is 1. The Kier molecular flexibility index (Phi) is 4.85. The molecular formula is C15H15N3O5. The molecule has 0 radical (unpaired) electrons. The van der Waals surface area contributed by atoms with Crippen LogP contribution >= 0.6 is 0 Å². The van der Waals surface area contributed by atoms with Gasteiger partial charge in [0.25, 0.3) is 11.8 Å². The van der Waals surface area contributed by atoms with Gasteiger partial charge in [0.2, 0.25) is 18.7 Å². The van der Waals surface area contributed by atoms with Crippen LogP contribution in [-0.4, -0.2) is 41.5 Å². The molecule has 0 aliphatic carbocycles. The summed E-state index contributed by atoms with van der Waals surface area (Å²) in [7, 11) is 0. The fourth-order valence-corrected chi connectivity index (χ4v) is 2.58. The van der Waals surface area contributed by atoms with Crippen LogP contribution in [0.1, 0.15) is 40.5 Å². The van der Waals surface area contributed by atoms with Gasteiger partial charge < -0.3 is 5.32 Å². The zero-order chi connectivity index (χ0) is 17.0. The minimum atomic E-state index is -1.08. The number of rotatable bonds is 7. The maximum absolute atomic E-state index is 12.6. The van der Waals surface area contributed by atoms with Gasteiger partial charge in [-0.3, -0.25) is 34.2 Å². The van der Waals surface area contributed by atoms with Crippen molar-refractivity contribution in [1.82, 2.24) is 10.2 Å². The van der Waals surface area contributed by atoms with Crippen LogP contribution in [0.2, 0.25) is 0 Å². The first kappa shape index (κ1) is 16.3. The molecule has 120 valence electrons. The van der Waals surface area contributed by atoms with Crippen LogP contribution in [0.15, 0.2) is 18.2 Å². The topological polar surface area (TPSA) is 113 Å². The van der Waals surface area contributed by atoms with Gasteiger partial charge in [-0.25, -0.2) is 0 Å². The highest BCUT2D eigenvalue weighted by molar-refractivity contribution is 6.25. The maximum atomic E-state index is 12.6. The van der Waals surface area contributed by atoms with Gasteiger partial charge in [0.15, 0.2) is 0 Å². The van der Waals surface area contributed by atoms with E-state index in [-0.39, 0.29) is 29.6 Å². The Balaban J connectivity index is 2.45. The summed E-state index contributed by atoms with van der Waals surface area (Å²) in [5.74, 6) is -2.02. The van der Waals surface area contributed by atoms with Gasteiger partial charge in [0.05, 0.1) is 16.8 Å². The van der Waals surface area contributed by atoms with Crippen molar-refractivity contribution in [1.29, 1.82) is 0 Å². The van der Waals surface area contributed by atoms with Crippen LogP contribution in [0.4, 0.5) is 5.69 Å².